The highest BCUT2D eigenvalue weighted by Crippen LogP contribution is 2.69. The molecule has 9 heavy (non-hydrogen) atoms. The van der Waals surface area contributed by atoms with E-state index in [4.69, 9.17) is 12.8 Å². The van der Waals surface area contributed by atoms with E-state index < -0.39 is 7.14 Å². The summed E-state index contributed by atoms with van der Waals surface area (Å²) in [5, 5.41) is 0. The zero-order valence-electron chi connectivity index (χ0n) is 4.11. The Bertz CT molecular complexity index is 376. The zero-order valence-corrected chi connectivity index (χ0v) is 5.82. The zero-order chi connectivity index (χ0) is 6.22. The maximum Gasteiger partial charge on any atom is 0.370 e. The van der Waals surface area contributed by atoms with Crippen LogP contribution in [-0.2, 0) is 17.4 Å². The lowest BCUT2D eigenvalue weighted by atomic mass is 10.9. The Labute approximate surface area is 55.9 Å². The lowest BCUT2D eigenvalue weighted by molar-refractivity contribution is -0.199. The summed E-state index contributed by atoms with van der Waals surface area (Å²) in [5.74, 6) is 0. The minimum absolute atomic E-state index is 0.522. The van der Waals surface area contributed by atoms with Crippen LogP contribution in [-0.4, -0.2) is 20.7 Å². The number of amidine groups is 3. The molecule has 6 heteroatoms. The van der Waals surface area contributed by atoms with Gasteiger partial charge in [-0.1, -0.05) is 9.98 Å². The molecule has 0 aromatic rings. The average molecular weight is 157 g/mol. The van der Waals surface area contributed by atoms with Crippen molar-refractivity contribution in [3.05, 3.63) is 0 Å². The molecule has 1 unspecified atom stereocenters. The number of rotatable bonds is 0. The Morgan fingerprint density at radius 1 is 1.56 bits per heavy atom. The monoisotopic (exact) mass is 157 g/mol. The first-order valence-electron chi connectivity index (χ1n) is 2.38. The van der Waals surface area contributed by atoms with Gasteiger partial charge in [0.05, 0.1) is 0 Å². The summed E-state index contributed by atoms with van der Waals surface area (Å²) in [6.45, 7) is 0. The number of hydrogen-bond acceptors (Lipinski definition) is 4. The van der Waals surface area contributed by atoms with Crippen LogP contribution in [0.25, 0.3) is 0 Å². The molecule has 3 heterocycles. The quantitative estimate of drug-likeness (QED) is 0.281. The average Bonchev–Trinajstić information content (AvgIpc) is 1.89. The van der Waals surface area contributed by atoms with Crippen molar-refractivity contribution in [3.63, 3.8) is 0 Å². The lowest BCUT2D eigenvalue weighted by Crippen LogP contribution is -2.51. The molecule has 0 N–H and O–H groups in total. The van der Waals surface area contributed by atoms with E-state index in [-0.39, 0.29) is 0 Å². The van der Waals surface area contributed by atoms with Gasteiger partial charge in [-0.15, -0.1) is 0 Å². The van der Waals surface area contributed by atoms with Crippen LogP contribution >= 0.6 is 7.14 Å². The van der Waals surface area contributed by atoms with Crippen LogP contribution in [0.5, 0.6) is 0 Å². The molecule has 44 valence electrons. The van der Waals surface area contributed by atoms with Crippen molar-refractivity contribution in [3.8, 4) is 0 Å². The van der Waals surface area contributed by atoms with Gasteiger partial charge in [-0.3, -0.25) is 4.57 Å². The molecule has 0 radical (unpaired) electrons. The van der Waals surface area contributed by atoms with Gasteiger partial charge in [0.2, 0.25) is 0 Å². The second-order valence-electron chi connectivity index (χ2n) is 2.03. The maximum absolute atomic E-state index is 11.3. The summed E-state index contributed by atoms with van der Waals surface area (Å²) < 4.78 is 12.6. The molecule has 3 aliphatic heterocycles. The van der Waals surface area contributed by atoms with Crippen molar-refractivity contribution in [1.82, 2.24) is 0 Å². The summed E-state index contributed by atoms with van der Waals surface area (Å²) in [6, 6.07) is 0. The summed E-state index contributed by atoms with van der Waals surface area (Å²) in [5.41, 5.74) is 1.66. The van der Waals surface area contributed by atoms with E-state index >= 15 is 0 Å². The Morgan fingerprint density at radius 3 is 2.44 bits per heavy atom. The van der Waals surface area contributed by atoms with Crippen LogP contribution in [0.3, 0.4) is 0 Å². The van der Waals surface area contributed by atoms with E-state index in [0.717, 1.165) is 0 Å². The molecule has 0 saturated carbocycles. The van der Waals surface area contributed by atoms with E-state index in [1.165, 1.54) is 3.98 Å². The summed E-state index contributed by atoms with van der Waals surface area (Å²) in [4.78, 5) is 7.63. The van der Waals surface area contributed by atoms with Gasteiger partial charge in [-0.25, -0.2) is 0 Å². The third-order valence-electron chi connectivity index (χ3n) is 1.61. The van der Waals surface area contributed by atoms with Crippen molar-refractivity contribution in [2.45, 2.75) is 0 Å². The van der Waals surface area contributed by atoms with Gasteiger partial charge in [0.15, 0.2) is 0 Å². The van der Waals surface area contributed by atoms with Crippen molar-refractivity contribution in [2.24, 2.45) is 9.98 Å². The Balaban J connectivity index is 2.61. The second kappa shape index (κ2) is 0.822. The summed E-state index contributed by atoms with van der Waals surface area (Å²) in [6.07, 6.45) is 0. The molecule has 3 aliphatic rings. The Morgan fingerprint density at radius 2 is 2.33 bits per heavy atom. The topological polar surface area (TPSA) is 44.8 Å². The molecular weight excluding hydrogens is 157 g/mol. The van der Waals surface area contributed by atoms with E-state index in [2.05, 4.69) is 9.98 Å². The fraction of sp³-hybridized carbons (Fsp3) is 0. The van der Waals surface area contributed by atoms with Crippen LogP contribution < -0.4 is 0 Å². The molecule has 0 aromatic carbocycles. The van der Waals surface area contributed by atoms with Crippen molar-refractivity contribution < 1.29 is 8.55 Å². The van der Waals surface area contributed by atoms with Crippen molar-refractivity contribution in [1.29, 1.82) is 0 Å². The molecule has 0 saturated heterocycles. The number of aliphatic imine (C=N–C) groups is 2. The van der Waals surface area contributed by atoms with Crippen LogP contribution in [0.4, 0.5) is 0 Å². The molecule has 0 spiro atoms. The van der Waals surface area contributed by atoms with E-state index in [0.29, 0.717) is 16.7 Å². The Hall–Kier alpha value is -0.540. The first kappa shape index (κ1) is 4.30. The molecule has 1 atom stereocenters. The SMILES string of the molecule is O=P12C3=NC1=[N+]([S-])C2=N3. The fourth-order valence-corrected chi connectivity index (χ4v) is 3.57. The van der Waals surface area contributed by atoms with E-state index in [1.807, 2.05) is 0 Å². The van der Waals surface area contributed by atoms with Crippen molar-refractivity contribution >= 4 is 36.7 Å². The molecule has 0 bridgehead atoms. The van der Waals surface area contributed by atoms with E-state index in [1.54, 1.807) is 0 Å². The lowest BCUT2D eigenvalue weighted by Gasteiger charge is -2.38. The van der Waals surface area contributed by atoms with Crippen LogP contribution in [0.1, 0.15) is 0 Å². The minimum atomic E-state index is -2.19. The van der Waals surface area contributed by atoms with Gasteiger partial charge in [0.1, 0.15) is 0 Å². The van der Waals surface area contributed by atoms with Gasteiger partial charge in [0, 0.05) is 0 Å². The molecule has 0 aliphatic carbocycles. The van der Waals surface area contributed by atoms with Gasteiger partial charge < -0.3 is 16.8 Å². The predicted molar refractivity (Wildman–Crippen MR) is 35.1 cm³/mol. The predicted octanol–water partition coefficient (Wildman–Crippen LogP) is -0.0673. The summed E-state index contributed by atoms with van der Waals surface area (Å²) in [7, 11) is -2.19. The molecule has 0 aromatic heterocycles. The molecule has 0 amide bonds. The van der Waals surface area contributed by atoms with Gasteiger partial charge in [0.25, 0.3) is 0 Å². The van der Waals surface area contributed by atoms with Gasteiger partial charge in [-0.05, 0) is 0 Å². The first-order valence-corrected chi connectivity index (χ1v) is 4.45. The van der Waals surface area contributed by atoms with E-state index in [9.17, 15) is 4.57 Å². The highest BCUT2D eigenvalue weighted by molar-refractivity contribution is 8.13. The van der Waals surface area contributed by atoms with Crippen LogP contribution in [0.15, 0.2) is 9.98 Å². The first-order chi connectivity index (χ1) is 4.24. The molecule has 4 nitrogen and oxygen atoms in total. The molecule has 0 fully saturated rings. The highest BCUT2D eigenvalue weighted by Gasteiger charge is 2.74. The van der Waals surface area contributed by atoms with Crippen LogP contribution in [0.2, 0.25) is 0 Å². The van der Waals surface area contributed by atoms with Crippen LogP contribution in [0, 0.1) is 0 Å². The largest absolute Gasteiger partial charge is 0.595 e. The standard InChI is InChI=1S/C3N3OPS/c7-8-1-4-2(8)6(9)3(8)5-1. The third-order valence-corrected chi connectivity index (χ3v) is 4.71. The van der Waals surface area contributed by atoms with Gasteiger partial charge in [-0.2, -0.15) is 0 Å². The highest BCUT2D eigenvalue weighted by atomic mass is 32.1. The molecule has 3 rings (SSSR count). The maximum atomic E-state index is 11.3. The third kappa shape index (κ3) is 0.199. The van der Waals surface area contributed by atoms with Gasteiger partial charge >= 0.3 is 23.9 Å². The Kier molecular flexibility index (Phi) is 0.393. The second-order valence-corrected chi connectivity index (χ2v) is 4.81. The summed E-state index contributed by atoms with van der Waals surface area (Å²) >= 11 is 4.74. The number of nitrogens with zero attached hydrogens (tertiary/aromatic N) is 3. The number of hydrogen-bond donors (Lipinski definition) is 0. The molecular formula is C3N3OPS. The fourth-order valence-electron chi connectivity index (χ4n) is 1.06. The van der Waals surface area contributed by atoms with Crippen molar-refractivity contribution in [2.75, 3.05) is 0 Å². The minimum Gasteiger partial charge on any atom is -0.595 e. The smallest absolute Gasteiger partial charge is 0.370 e. The normalized spacial score (nSPS) is 41.3.